The first-order valence-corrected chi connectivity index (χ1v) is 5.53. The van der Waals surface area contributed by atoms with E-state index in [1.165, 1.54) is 0 Å². The number of rotatable bonds is 1. The second-order valence-corrected chi connectivity index (χ2v) is 4.97. The minimum absolute atomic E-state index is 0.382. The van der Waals surface area contributed by atoms with Crippen LogP contribution in [0.3, 0.4) is 0 Å². The van der Waals surface area contributed by atoms with Gasteiger partial charge >= 0.3 is 0 Å². The van der Waals surface area contributed by atoms with Gasteiger partial charge in [0.2, 0.25) is 0 Å². The second kappa shape index (κ2) is 2.99. The summed E-state index contributed by atoms with van der Waals surface area (Å²) in [5, 5.41) is 8.28. The van der Waals surface area contributed by atoms with Crippen LogP contribution in [-0.4, -0.2) is 20.5 Å². The Bertz CT molecular complexity index is 312. The van der Waals surface area contributed by atoms with Crippen LogP contribution in [0.25, 0.3) is 0 Å². The van der Waals surface area contributed by atoms with E-state index in [-0.39, 0.29) is 5.54 Å². The van der Waals surface area contributed by atoms with Crippen molar-refractivity contribution in [3.8, 4) is 0 Å². The molecule has 0 spiro atoms. The van der Waals surface area contributed by atoms with Gasteiger partial charge in [0.15, 0.2) is 5.82 Å². The molecule has 0 unspecified atom stereocenters. The van der Waals surface area contributed by atoms with Crippen LogP contribution >= 0.6 is 11.8 Å². The van der Waals surface area contributed by atoms with E-state index in [1.807, 2.05) is 25.6 Å². The number of aromatic nitrogens is 3. The third kappa shape index (κ3) is 1.58. The minimum Gasteiger partial charge on any atom is -0.319 e. The summed E-state index contributed by atoms with van der Waals surface area (Å²) in [5.74, 6) is 4.06. The summed E-state index contributed by atoms with van der Waals surface area (Å²) in [4.78, 5) is 0. The lowest BCUT2D eigenvalue weighted by atomic mass is 10.1. The van der Waals surface area contributed by atoms with Gasteiger partial charge in [0.05, 0.1) is 11.3 Å². The zero-order valence-electron chi connectivity index (χ0n) is 7.95. The molecule has 0 amide bonds. The Labute approximate surface area is 81.9 Å². The molecule has 4 nitrogen and oxygen atoms in total. The van der Waals surface area contributed by atoms with Crippen LogP contribution in [0.15, 0.2) is 0 Å². The zero-order valence-corrected chi connectivity index (χ0v) is 8.77. The lowest BCUT2D eigenvalue weighted by Crippen LogP contribution is -2.33. The van der Waals surface area contributed by atoms with E-state index in [9.17, 15) is 0 Å². The van der Waals surface area contributed by atoms with Gasteiger partial charge in [0.25, 0.3) is 0 Å². The first-order chi connectivity index (χ1) is 6.09. The fourth-order valence-electron chi connectivity index (χ4n) is 1.47. The van der Waals surface area contributed by atoms with Crippen molar-refractivity contribution in [2.75, 3.05) is 5.75 Å². The maximum atomic E-state index is 6.00. The molecule has 0 saturated heterocycles. The molecule has 1 aromatic rings. The number of thioether (sulfide) groups is 1. The van der Waals surface area contributed by atoms with Gasteiger partial charge in [-0.2, -0.15) is 11.8 Å². The SMILES string of the molecule is CC(C)(N)c1nnc2n1CCSC2. The first-order valence-electron chi connectivity index (χ1n) is 4.38. The van der Waals surface area contributed by atoms with Gasteiger partial charge < -0.3 is 10.3 Å². The van der Waals surface area contributed by atoms with E-state index in [1.54, 1.807) is 0 Å². The highest BCUT2D eigenvalue weighted by Crippen LogP contribution is 2.22. The summed E-state index contributed by atoms with van der Waals surface area (Å²) in [6, 6.07) is 0. The van der Waals surface area contributed by atoms with Crippen molar-refractivity contribution in [2.24, 2.45) is 5.73 Å². The van der Waals surface area contributed by atoms with Crippen molar-refractivity contribution < 1.29 is 0 Å². The highest BCUT2D eigenvalue weighted by Gasteiger charge is 2.25. The molecule has 0 saturated carbocycles. The third-order valence-corrected chi connectivity index (χ3v) is 3.03. The van der Waals surface area contributed by atoms with Crippen LogP contribution in [0.1, 0.15) is 25.5 Å². The molecule has 5 heteroatoms. The van der Waals surface area contributed by atoms with Crippen molar-refractivity contribution >= 4 is 11.8 Å². The normalized spacial score (nSPS) is 17.2. The smallest absolute Gasteiger partial charge is 0.152 e. The Kier molecular flexibility index (Phi) is 2.08. The predicted octanol–water partition coefficient (Wildman–Crippen LogP) is 0.719. The topological polar surface area (TPSA) is 56.7 Å². The van der Waals surface area contributed by atoms with E-state index in [0.717, 1.165) is 29.7 Å². The van der Waals surface area contributed by atoms with Crippen LogP contribution in [0, 0.1) is 0 Å². The van der Waals surface area contributed by atoms with Crippen molar-refractivity contribution in [3.05, 3.63) is 11.6 Å². The monoisotopic (exact) mass is 198 g/mol. The maximum absolute atomic E-state index is 6.00. The Morgan fingerprint density at radius 3 is 2.92 bits per heavy atom. The standard InChI is InChI=1S/C8H14N4S/c1-8(2,9)7-11-10-6-5-13-4-3-12(6)7/h3-5,9H2,1-2H3. The second-order valence-electron chi connectivity index (χ2n) is 3.87. The van der Waals surface area contributed by atoms with E-state index < -0.39 is 0 Å². The van der Waals surface area contributed by atoms with Gasteiger partial charge in [-0.15, -0.1) is 10.2 Å². The molecule has 0 bridgehead atoms. The molecule has 0 aliphatic carbocycles. The van der Waals surface area contributed by atoms with E-state index in [4.69, 9.17) is 5.73 Å². The van der Waals surface area contributed by atoms with Crippen molar-refractivity contribution in [3.63, 3.8) is 0 Å². The minimum atomic E-state index is -0.382. The Morgan fingerprint density at radius 1 is 1.46 bits per heavy atom. The molecule has 1 aliphatic rings. The summed E-state index contributed by atoms with van der Waals surface area (Å²) in [6.07, 6.45) is 0. The van der Waals surface area contributed by atoms with Crippen molar-refractivity contribution in [2.45, 2.75) is 31.7 Å². The van der Waals surface area contributed by atoms with Gasteiger partial charge in [-0.25, -0.2) is 0 Å². The average Bonchev–Trinajstić information content (AvgIpc) is 2.45. The molecule has 72 valence electrons. The van der Waals surface area contributed by atoms with Crippen LogP contribution in [0.2, 0.25) is 0 Å². The van der Waals surface area contributed by atoms with Crippen LogP contribution in [-0.2, 0) is 17.8 Å². The summed E-state index contributed by atoms with van der Waals surface area (Å²) in [6.45, 7) is 4.92. The van der Waals surface area contributed by atoms with Gasteiger partial charge in [-0.3, -0.25) is 0 Å². The van der Waals surface area contributed by atoms with Crippen molar-refractivity contribution in [1.82, 2.24) is 14.8 Å². The molecule has 0 fully saturated rings. The van der Waals surface area contributed by atoms with E-state index in [2.05, 4.69) is 14.8 Å². The summed E-state index contributed by atoms with van der Waals surface area (Å²) in [7, 11) is 0. The van der Waals surface area contributed by atoms with Gasteiger partial charge in [0, 0.05) is 12.3 Å². The van der Waals surface area contributed by atoms with Gasteiger partial charge in [-0.05, 0) is 13.8 Å². The molecule has 0 radical (unpaired) electrons. The molecular weight excluding hydrogens is 184 g/mol. The highest BCUT2D eigenvalue weighted by atomic mass is 32.2. The molecular formula is C8H14N4S. The maximum Gasteiger partial charge on any atom is 0.152 e. The summed E-state index contributed by atoms with van der Waals surface area (Å²) >= 11 is 1.90. The lowest BCUT2D eigenvalue weighted by molar-refractivity contribution is 0.476. The molecule has 2 rings (SSSR count). The largest absolute Gasteiger partial charge is 0.319 e. The number of hydrogen-bond acceptors (Lipinski definition) is 4. The average molecular weight is 198 g/mol. The summed E-state index contributed by atoms with van der Waals surface area (Å²) < 4.78 is 2.15. The fraction of sp³-hybridized carbons (Fsp3) is 0.750. The molecule has 0 atom stereocenters. The van der Waals surface area contributed by atoms with Crippen LogP contribution < -0.4 is 5.73 Å². The predicted molar refractivity (Wildman–Crippen MR) is 53.4 cm³/mol. The number of hydrogen-bond donors (Lipinski definition) is 1. The third-order valence-electron chi connectivity index (χ3n) is 2.09. The molecule has 13 heavy (non-hydrogen) atoms. The highest BCUT2D eigenvalue weighted by molar-refractivity contribution is 7.98. The van der Waals surface area contributed by atoms with E-state index in [0.29, 0.717) is 0 Å². The van der Waals surface area contributed by atoms with Crippen molar-refractivity contribution in [1.29, 1.82) is 0 Å². The molecule has 2 N–H and O–H groups in total. The Morgan fingerprint density at radius 2 is 2.23 bits per heavy atom. The molecule has 0 aromatic carbocycles. The van der Waals surface area contributed by atoms with Gasteiger partial charge in [0.1, 0.15) is 5.82 Å². The Hall–Kier alpha value is -0.550. The number of nitrogens with zero attached hydrogens (tertiary/aromatic N) is 3. The lowest BCUT2D eigenvalue weighted by Gasteiger charge is -2.21. The Balaban J connectivity index is 2.43. The molecule has 2 heterocycles. The number of nitrogens with two attached hydrogens (primary N) is 1. The van der Waals surface area contributed by atoms with Crippen LogP contribution in [0.4, 0.5) is 0 Å². The van der Waals surface area contributed by atoms with Crippen LogP contribution in [0.5, 0.6) is 0 Å². The molecule has 1 aliphatic heterocycles. The molecule has 1 aromatic heterocycles. The van der Waals surface area contributed by atoms with E-state index >= 15 is 0 Å². The fourth-order valence-corrected chi connectivity index (χ4v) is 2.33. The zero-order chi connectivity index (χ0) is 9.47. The quantitative estimate of drug-likeness (QED) is 0.722. The van der Waals surface area contributed by atoms with Gasteiger partial charge in [-0.1, -0.05) is 0 Å². The summed E-state index contributed by atoms with van der Waals surface area (Å²) in [5.41, 5.74) is 5.61. The first kappa shape index (κ1) is 9.02. The number of fused-ring (bicyclic) bond motifs is 1.